The number of benzene rings is 3. The number of carbonyl (C=O) groups is 1. The summed E-state index contributed by atoms with van der Waals surface area (Å²) in [5.41, 5.74) is 0.964. The molecule has 0 unspecified atom stereocenters. The number of nitro groups is 1. The van der Waals surface area contributed by atoms with Crippen LogP contribution in [0.3, 0.4) is 0 Å². The lowest BCUT2D eigenvalue weighted by molar-refractivity contribution is -0.384. The lowest BCUT2D eigenvalue weighted by atomic mass is 10.2. The Morgan fingerprint density at radius 1 is 0.968 bits per heavy atom. The second-order valence-corrected chi connectivity index (χ2v) is 8.19. The largest absolute Gasteiger partial charge is 0.484 e. The standard InChI is InChI=1S/C21H19N3O6S/c25-21(23-17-7-4-8-18(13-17)24(26)27)15-30-19-9-11-20(12-10-19)31(28,29)22-14-16-5-2-1-3-6-16/h1-13,22H,14-15H2,(H,23,25). The molecule has 3 aromatic rings. The molecule has 31 heavy (non-hydrogen) atoms. The third-order valence-corrected chi connectivity index (χ3v) is 5.57. The van der Waals surface area contributed by atoms with Crippen molar-refractivity contribution in [2.45, 2.75) is 11.4 Å². The van der Waals surface area contributed by atoms with Crippen LogP contribution in [0.15, 0.2) is 83.8 Å². The predicted octanol–water partition coefficient (Wildman–Crippen LogP) is 3.09. The van der Waals surface area contributed by atoms with E-state index in [1.165, 1.54) is 48.5 Å². The first-order valence-electron chi connectivity index (χ1n) is 9.14. The van der Waals surface area contributed by atoms with Crippen LogP contribution in [-0.2, 0) is 21.4 Å². The minimum absolute atomic E-state index is 0.0665. The summed E-state index contributed by atoms with van der Waals surface area (Å²) in [5.74, 6) is -0.210. The van der Waals surface area contributed by atoms with Crippen molar-refractivity contribution in [3.8, 4) is 5.75 Å². The number of anilines is 1. The van der Waals surface area contributed by atoms with Crippen molar-refractivity contribution in [2.24, 2.45) is 0 Å². The summed E-state index contributed by atoms with van der Waals surface area (Å²) in [4.78, 5) is 22.3. The number of sulfonamides is 1. The molecule has 0 heterocycles. The van der Waals surface area contributed by atoms with Crippen LogP contribution in [0.4, 0.5) is 11.4 Å². The summed E-state index contributed by atoms with van der Waals surface area (Å²) < 4.78 is 32.7. The maximum absolute atomic E-state index is 12.4. The molecule has 0 aliphatic rings. The molecule has 3 aromatic carbocycles. The number of nitro benzene ring substituents is 1. The average molecular weight is 441 g/mol. The highest BCUT2D eigenvalue weighted by atomic mass is 32.2. The minimum atomic E-state index is -3.70. The molecule has 0 aliphatic carbocycles. The van der Waals surface area contributed by atoms with Gasteiger partial charge < -0.3 is 10.1 Å². The summed E-state index contributed by atoms with van der Waals surface area (Å²) in [6.45, 7) is -0.180. The highest BCUT2D eigenvalue weighted by Crippen LogP contribution is 2.18. The first kappa shape index (κ1) is 21.9. The van der Waals surface area contributed by atoms with E-state index in [0.29, 0.717) is 5.75 Å². The van der Waals surface area contributed by atoms with Crippen LogP contribution in [0.1, 0.15) is 5.56 Å². The summed E-state index contributed by atoms with van der Waals surface area (Å²) in [6.07, 6.45) is 0. The van der Waals surface area contributed by atoms with E-state index in [4.69, 9.17) is 4.74 Å². The van der Waals surface area contributed by atoms with Crippen molar-refractivity contribution >= 4 is 27.3 Å². The van der Waals surface area contributed by atoms with Gasteiger partial charge in [0.05, 0.1) is 9.82 Å². The second kappa shape index (κ2) is 9.83. The SMILES string of the molecule is O=C(COc1ccc(S(=O)(=O)NCc2ccccc2)cc1)Nc1cccc([N+](=O)[O-])c1. The zero-order valence-electron chi connectivity index (χ0n) is 16.2. The fourth-order valence-electron chi connectivity index (χ4n) is 2.62. The molecule has 160 valence electrons. The van der Waals surface area contributed by atoms with Gasteiger partial charge in [0.1, 0.15) is 5.75 Å². The Labute approximate surface area is 178 Å². The van der Waals surface area contributed by atoms with Gasteiger partial charge in [0, 0.05) is 24.4 Å². The van der Waals surface area contributed by atoms with Gasteiger partial charge in [-0.2, -0.15) is 0 Å². The van der Waals surface area contributed by atoms with Crippen LogP contribution in [0, 0.1) is 10.1 Å². The number of hydrogen-bond donors (Lipinski definition) is 2. The molecular weight excluding hydrogens is 422 g/mol. The van der Waals surface area contributed by atoms with Crippen molar-refractivity contribution < 1.29 is 22.9 Å². The zero-order chi connectivity index (χ0) is 22.3. The van der Waals surface area contributed by atoms with Gasteiger partial charge in [-0.3, -0.25) is 14.9 Å². The normalized spacial score (nSPS) is 11.0. The van der Waals surface area contributed by atoms with Crippen LogP contribution in [0.5, 0.6) is 5.75 Å². The van der Waals surface area contributed by atoms with Gasteiger partial charge in [0.25, 0.3) is 11.6 Å². The quantitative estimate of drug-likeness (QED) is 0.388. The average Bonchev–Trinajstić information content (AvgIpc) is 2.77. The Bertz CT molecular complexity index is 1170. The summed E-state index contributed by atoms with van der Waals surface area (Å²) in [5, 5.41) is 13.3. The van der Waals surface area contributed by atoms with Gasteiger partial charge in [-0.25, -0.2) is 13.1 Å². The van der Waals surface area contributed by atoms with E-state index >= 15 is 0 Å². The Morgan fingerprint density at radius 2 is 1.68 bits per heavy atom. The Balaban J connectivity index is 1.53. The highest BCUT2D eigenvalue weighted by Gasteiger charge is 2.14. The van der Waals surface area contributed by atoms with E-state index in [1.54, 1.807) is 0 Å². The van der Waals surface area contributed by atoms with Gasteiger partial charge in [-0.1, -0.05) is 36.4 Å². The topological polar surface area (TPSA) is 128 Å². The fraction of sp³-hybridized carbons (Fsp3) is 0.0952. The first-order valence-corrected chi connectivity index (χ1v) is 10.6. The third-order valence-electron chi connectivity index (χ3n) is 4.15. The van der Waals surface area contributed by atoms with Crippen molar-refractivity contribution in [1.29, 1.82) is 0 Å². The van der Waals surface area contributed by atoms with Gasteiger partial charge in [-0.15, -0.1) is 0 Å². The second-order valence-electron chi connectivity index (χ2n) is 6.43. The fourth-order valence-corrected chi connectivity index (χ4v) is 3.63. The number of amides is 1. The molecule has 0 atom stereocenters. The van der Waals surface area contributed by atoms with Crippen LogP contribution >= 0.6 is 0 Å². The molecule has 3 rings (SSSR count). The van der Waals surface area contributed by atoms with E-state index in [-0.39, 0.29) is 29.4 Å². The number of rotatable bonds is 9. The molecule has 0 spiro atoms. The Kier molecular flexibility index (Phi) is 6.96. The number of carbonyl (C=O) groups excluding carboxylic acids is 1. The summed E-state index contributed by atoms with van der Waals surface area (Å²) in [6, 6.07) is 20.3. The van der Waals surface area contributed by atoms with E-state index in [2.05, 4.69) is 10.0 Å². The van der Waals surface area contributed by atoms with Gasteiger partial charge in [0.15, 0.2) is 6.61 Å². The lowest BCUT2D eigenvalue weighted by Crippen LogP contribution is -2.23. The van der Waals surface area contributed by atoms with Crippen molar-refractivity contribution in [3.63, 3.8) is 0 Å². The molecule has 0 saturated carbocycles. The van der Waals surface area contributed by atoms with Crippen LogP contribution in [0.2, 0.25) is 0 Å². The molecule has 9 nitrogen and oxygen atoms in total. The molecule has 1 amide bonds. The molecule has 0 aliphatic heterocycles. The smallest absolute Gasteiger partial charge is 0.271 e. The summed E-state index contributed by atoms with van der Waals surface area (Å²) >= 11 is 0. The van der Waals surface area contributed by atoms with Crippen LogP contribution in [0.25, 0.3) is 0 Å². The summed E-state index contributed by atoms with van der Waals surface area (Å²) in [7, 11) is -3.70. The van der Waals surface area contributed by atoms with Crippen LogP contribution < -0.4 is 14.8 Å². The Morgan fingerprint density at radius 3 is 2.35 bits per heavy atom. The molecule has 0 radical (unpaired) electrons. The number of non-ortho nitro benzene ring substituents is 1. The molecule has 0 saturated heterocycles. The van der Waals surface area contributed by atoms with Crippen molar-refractivity contribution in [1.82, 2.24) is 4.72 Å². The van der Waals surface area contributed by atoms with Gasteiger partial charge >= 0.3 is 0 Å². The monoisotopic (exact) mass is 441 g/mol. The molecule has 0 fully saturated rings. The first-order chi connectivity index (χ1) is 14.8. The molecule has 10 heteroatoms. The molecular formula is C21H19N3O6S. The predicted molar refractivity (Wildman–Crippen MR) is 114 cm³/mol. The number of nitrogens with one attached hydrogen (secondary N) is 2. The van der Waals surface area contributed by atoms with Crippen molar-refractivity contribution in [3.05, 3.63) is 94.5 Å². The van der Waals surface area contributed by atoms with E-state index in [0.717, 1.165) is 5.56 Å². The molecule has 2 N–H and O–H groups in total. The number of ether oxygens (including phenoxy) is 1. The lowest BCUT2D eigenvalue weighted by Gasteiger charge is -2.09. The third kappa shape index (κ3) is 6.36. The number of nitrogens with zero attached hydrogens (tertiary/aromatic N) is 1. The van der Waals surface area contributed by atoms with E-state index in [1.807, 2.05) is 30.3 Å². The maximum atomic E-state index is 12.4. The zero-order valence-corrected chi connectivity index (χ0v) is 17.0. The van der Waals surface area contributed by atoms with Crippen LogP contribution in [-0.4, -0.2) is 25.9 Å². The van der Waals surface area contributed by atoms with Crippen molar-refractivity contribution in [2.75, 3.05) is 11.9 Å². The van der Waals surface area contributed by atoms with E-state index < -0.39 is 20.9 Å². The van der Waals surface area contributed by atoms with Gasteiger partial charge in [0.2, 0.25) is 10.0 Å². The highest BCUT2D eigenvalue weighted by molar-refractivity contribution is 7.89. The van der Waals surface area contributed by atoms with Gasteiger partial charge in [-0.05, 0) is 35.9 Å². The Hall–Kier alpha value is -3.76. The minimum Gasteiger partial charge on any atom is -0.484 e. The maximum Gasteiger partial charge on any atom is 0.271 e. The molecule has 0 aromatic heterocycles. The van der Waals surface area contributed by atoms with E-state index in [9.17, 15) is 23.3 Å². The number of hydrogen-bond acceptors (Lipinski definition) is 6. The molecule has 0 bridgehead atoms.